The van der Waals surface area contributed by atoms with Crippen LogP contribution in [0, 0.1) is 5.82 Å². The van der Waals surface area contributed by atoms with E-state index in [0.29, 0.717) is 12.0 Å². The topological polar surface area (TPSA) is 64.3 Å². The fourth-order valence-corrected chi connectivity index (χ4v) is 3.07. The molecule has 2 aromatic carbocycles. The molecule has 1 aliphatic rings. The first kappa shape index (κ1) is 18.4. The van der Waals surface area contributed by atoms with Crippen LogP contribution < -0.4 is 11.1 Å². The number of nitrogens with two attached hydrogens (primary N) is 1. The van der Waals surface area contributed by atoms with Crippen molar-refractivity contribution in [1.29, 1.82) is 0 Å². The van der Waals surface area contributed by atoms with E-state index in [1.54, 1.807) is 7.11 Å². The number of methoxy groups -OCH3 is 1. The zero-order chi connectivity index (χ0) is 16.4. The number of nitrogens with one attached hydrogen (secondary N) is 1. The summed E-state index contributed by atoms with van der Waals surface area (Å²) in [4.78, 5) is 12.4. The molecule has 0 saturated heterocycles. The highest BCUT2D eigenvalue weighted by atomic mass is 35.5. The van der Waals surface area contributed by atoms with Gasteiger partial charge in [0, 0.05) is 7.11 Å². The minimum Gasteiger partial charge on any atom is -0.375 e. The lowest BCUT2D eigenvalue weighted by atomic mass is 10.1. The van der Waals surface area contributed by atoms with E-state index in [1.807, 2.05) is 24.3 Å². The van der Waals surface area contributed by atoms with E-state index in [-0.39, 0.29) is 36.3 Å². The van der Waals surface area contributed by atoms with Gasteiger partial charge in [-0.25, -0.2) is 4.39 Å². The third-order valence-electron chi connectivity index (χ3n) is 4.26. The van der Waals surface area contributed by atoms with Crippen LogP contribution in [0.5, 0.6) is 0 Å². The number of fused-ring (bicyclic) bond motifs is 1. The molecule has 2 aromatic rings. The van der Waals surface area contributed by atoms with E-state index in [2.05, 4.69) is 5.32 Å². The highest BCUT2D eigenvalue weighted by Gasteiger charge is 2.34. The Labute approximate surface area is 146 Å². The van der Waals surface area contributed by atoms with E-state index in [0.717, 1.165) is 5.56 Å². The molecule has 0 spiro atoms. The number of hydrogen-bond donors (Lipinski definition) is 2. The van der Waals surface area contributed by atoms with Gasteiger partial charge in [-0.15, -0.1) is 12.4 Å². The summed E-state index contributed by atoms with van der Waals surface area (Å²) in [7, 11) is 1.63. The summed E-state index contributed by atoms with van der Waals surface area (Å²) >= 11 is 0. The smallest absolute Gasteiger partial charge is 0.241 e. The van der Waals surface area contributed by atoms with Gasteiger partial charge in [-0.2, -0.15) is 0 Å². The summed E-state index contributed by atoms with van der Waals surface area (Å²) in [6, 6.07) is 12.6. The fourth-order valence-electron chi connectivity index (χ4n) is 3.07. The Morgan fingerprint density at radius 1 is 1.25 bits per heavy atom. The van der Waals surface area contributed by atoms with Gasteiger partial charge in [0.2, 0.25) is 5.91 Å². The lowest BCUT2D eigenvalue weighted by Gasteiger charge is -2.22. The molecule has 0 aromatic heterocycles. The highest BCUT2D eigenvalue weighted by molar-refractivity contribution is 5.85. The lowest BCUT2D eigenvalue weighted by Crippen LogP contribution is -2.43. The molecule has 3 N–H and O–H groups in total. The van der Waals surface area contributed by atoms with Gasteiger partial charge in [-0.1, -0.05) is 36.4 Å². The van der Waals surface area contributed by atoms with Gasteiger partial charge >= 0.3 is 0 Å². The summed E-state index contributed by atoms with van der Waals surface area (Å²) in [6.45, 7) is 0. The average molecular weight is 351 g/mol. The van der Waals surface area contributed by atoms with E-state index < -0.39 is 6.04 Å². The zero-order valence-corrected chi connectivity index (χ0v) is 14.1. The molecule has 0 aliphatic heterocycles. The van der Waals surface area contributed by atoms with Crippen LogP contribution in [0.15, 0.2) is 48.5 Å². The van der Waals surface area contributed by atoms with Crippen LogP contribution in [0.1, 0.15) is 28.8 Å². The van der Waals surface area contributed by atoms with Crippen molar-refractivity contribution >= 4 is 18.3 Å². The molecule has 1 aliphatic carbocycles. The quantitative estimate of drug-likeness (QED) is 0.891. The number of carbonyl (C=O) groups excluding carboxylic acids is 1. The first-order valence-corrected chi connectivity index (χ1v) is 7.52. The van der Waals surface area contributed by atoms with E-state index in [1.165, 1.54) is 29.8 Å². The highest BCUT2D eigenvalue weighted by Crippen LogP contribution is 2.33. The molecule has 3 atom stereocenters. The minimum atomic E-state index is -0.836. The van der Waals surface area contributed by atoms with Gasteiger partial charge in [-0.3, -0.25) is 4.79 Å². The van der Waals surface area contributed by atoms with E-state index in [9.17, 15) is 9.18 Å². The molecule has 0 saturated carbocycles. The maximum atomic E-state index is 13.0. The van der Waals surface area contributed by atoms with Gasteiger partial charge in [-0.05, 0) is 35.2 Å². The Hall–Kier alpha value is -1.95. The van der Waals surface area contributed by atoms with Crippen LogP contribution in [0.4, 0.5) is 4.39 Å². The third kappa shape index (κ3) is 3.59. The molecule has 4 nitrogen and oxygen atoms in total. The molecule has 3 rings (SSSR count). The molecule has 0 unspecified atom stereocenters. The van der Waals surface area contributed by atoms with Gasteiger partial charge in [0.15, 0.2) is 0 Å². The van der Waals surface area contributed by atoms with Crippen molar-refractivity contribution in [2.45, 2.75) is 24.6 Å². The maximum absolute atomic E-state index is 13.0. The third-order valence-corrected chi connectivity index (χ3v) is 4.26. The predicted octanol–water partition coefficient (Wildman–Crippen LogP) is 2.68. The van der Waals surface area contributed by atoms with Crippen molar-refractivity contribution in [2.75, 3.05) is 7.11 Å². The molecule has 24 heavy (non-hydrogen) atoms. The van der Waals surface area contributed by atoms with Crippen molar-refractivity contribution in [2.24, 2.45) is 5.73 Å². The molecule has 1 amide bonds. The van der Waals surface area contributed by atoms with Gasteiger partial charge < -0.3 is 15.8 Å². The van der Waals surface area contributed by atoms with Crippen LogP contribution in [-0.2, 0) is 16.0 Å². The Balaban J connectivity index is 0.00000208. The van der Waals surface area contributed by atoms with Crippen LogP contribution >= 0.6 is 12.4 Å². The fraction of sp³-hybridized carbons (Fsp3) is 0.278. The van der Waals surface area contributed by atoms with E-state index >= 15 is 0 Å². The minimum absolute atomic E-state index is 0. The number of rotatable bonds is 4. The first-order chi connectivity index (χ1) is 11.1. The molecule has 0 fully saturated rings. The SMILES string of the molecule is CO[C@H]1c2ccccc2C[C@@H]1NC(=O)[C@@H](N)c1ccc(F)cc1.Cl. The lowest BCUT2D eigenvalue weighted by molar-refractivity contribution is -0.124. The number of halogens is 2. The first-order valence-electron chi connectivity index (χ1n) is 7.52. The summed E-state index contributed by atoms with van der Waals surface area (Å²) in [5.41, 5.74) is 8.82. The average Bonchev–Trinajstić information content (AvgIpc) is 2.91. The number of amides is 1. The normalized spacial score (nSPS) is 20.0. The zero-order valence-electron chi connectivity index (χ0n) is 13.2. The summed E-state index contributed by atoms with van der Waals surface area (Å²) in [6.07, 6.45) is 0.520. The van der Waals surface area contributed by atoms with Crippen molar-refractivity contribution in [3.63, 3.8) is 0 Å². The second kappa shape index (κ2) is 7.75. The monoisotopic (exact) mass is 350 g/mol. The van der Waals surface area contributed by atoms with Gasteiger partial charge in [0.1, 0.15) is 18.0 Å². The molecule has 6 heteroatoms. The van der Waals surface area contributed by atoms with Crippen LogP contribution in [-0.4, -0.2) is 19.1 Å². The second-order valence-corrected chi connectivity index (χ2v) is 5.70. The molecule has 128 valence electrons. The number of benzene rings is 2. The van der Waals surface area contributed by atoms with Crippen LogP contribution in [0.3, 0.4) is 0 Å². The standard InChI is InChI=1S/C18H19FN2O2.ClH/c1-23-17-14-5-3-2-4-12(14)10-15(17)21-18(22)16(20)11-6-8-13(19)9-7-11;/h2-9,15-17H,10,20H2,1H3,(H,21,22);1H/t15-,16-,17-;/m0./s1. The molecule has 0 heterocycles. The summed E-state index contributed by atoms with van der Waals surface area (Å²) in [5.74, 6) is -0.650. The maximum Gasteiger partial charge on any atom is 0.241 e. The van der Waals surface area contributed by atoms with Crippen LogP contribution in [0.2, 0.25) is 0 Å². The Bertz CT molecular complexity index is 708. The van der Waals surface area contributed by atoms with Gasteiger partial charge in [0.25, 0.3) is 0 Å². The largest absolute Gasteiger partial charge is 0.375 e. The Morgan fingerprint density at radius 3 is 2.58 bits per heavy atom. The molecule has 0 bridgehead atoms. The number of hydrogen-bond acceptors (Lipinski definition) is 3. The number of ether oxygens (including phenoxy) is 1. The van der Waals surface area contributed by atoms with Crippen molar-refractivity contribution in [1.82, 2.24) is 5.32 Å². The second-order valence-electron chi connectivity index (χ2n) is 5.70. The van der Waals surface area contributed by atoms with Crippen molar-refractivity contribution in [3.8, 4) is 0 Å². The predicted molar refractivity (Wildman–Crippen MR) is 92.4 cm³/mol. The van der Waals surface area contributed by atoms with Crippen molar-refractivity contribution in [3.05, 3.63) is 71.0 Å². The number of carbonyl (C=O) groups is 1. The summed E-state index contributed by atoms with van der Waals surface area (Å²) in [5, 5.41) is 2.96. The van der Waals surface area contributed by atoms with Crippen molar-refractivity contribution < 1.29 is 13.9 Å². The molecular formula is C18H20ClFN2O2. The van der Waals surface area contributed by atoms with Crippen LogP contribution in [0.25, 0.3) is 0 Å². The Kier molecular flexibility index (Phi) is 5.94. The Morgan fingerprint density at radius 2 is 1.92 bits per heavy atom. The summed E-state index contributed by atoms with van der Waals surface area (Å²) < 4.78 is 18.5. The van der Waals surface area contributed by atoms with E-state index in [4.69, 9.17) is 10.5 Å². The molecular weight excluding hydrogens is 331 g/mol. The van der Waals surface area contributed by atoms with Gasteiger partial charge in [0.05, 0.1) is 6.04 Å². The molecule has 0 radical (unpaired) electrons.